The van der Waals surface area contributed by atoms with Crippen LogP contribution in [0.15, 0.2) is 48.5 Å². The molecule has 0 saturated carbocycles. The van der Waals surface area contributed by atoms with Gasteiger partial charge in [-0.3, -0.25) is 0 Å². The fourth-order valence-corrected chi connectivity index (χ4v) is 2.80. The summed E-state index contributed by atoms with van der Waals surface area (Å²) in [5.41, 5.74) is 7.54. The first-order chi connectivity index (χ1) is 9.61. The van der Waals surface area contributed by atoms with E-state index in [9.17, 15) is 4.39 Å². The van der Waals surface area contributed by atoms with Crippen molar-refractivity contribution in [2.45, 2.75) is 25.2 Å². The molecule has 2 rings (SSSR count). The second-order valence-corrected chi connectivity index (χ2v) is 5.55. The van der Waals surface area contributed by atoms with Gasteiger partial charge in [-0.1, -0.05) is 48.9 Å². The van der Waals surface area contributed by atoms with Crippen molar-refractivity contribution in [3.05, 3.63) is 70.5 Å². The SMILES string of the molecule is CCC(CN)(Cc1cc(Cl)ccc1F)c1ccccc1. The van der Waals surface area contributed by atoms with E-state index in [0.29, 0.717) is 23.6 Å². The molecule has 1 unspecified atom stereocenters. The molecule has 0 aromatic heterocycles. The van der Waals surface area contributed by atoms with E-state index < -0.39 is 0 Å². The maximum absolute atomic E-state index is 14.0. The summed E-state index contributed by atoms with van der Waals surface area (Å²) in [5, 5.41) is 0.552. The smallest absolute Gasteiger partial charge is 0.126 e. The molecule has 0 aliphatic carbocycles. The zero-order valence-electron chi connectivity index (χ0n) is 11.6. The predicted molar refractivity (Wildman–Crippen MR) is 82.6 cm³/mol. The van der Waals surface area contributed by atoms with Gasteiger partial charge in [0.15, 0.2) is 0 Å². The summed E-state index contributed by atoms with van der Waals surface area (Å²) in [7, 11) is 0. The van der Waals surface area contributed by atoms with Gasteiger partial charge in [0.1, 0.15) is 5.82 Å². The van der Waals surface area contributed by atoms with E-state index in [0.717, 1.165) is 12.0 Å². The quantitative estimate of drug-likeness (QED) is 0.872. The van der Waals surface area contributed by atoms with Gasteiger partial charge in [-0.25, -0.2) is 4.39 Å². The van der Waals surface area contributed by atoms with E-state index in [1.54, 1.807) is 12.1 Å². The molecule has 106 valence electrons. The molecule has 2 aromatic rings. The largest absolute Gasteiger partial charge is 0.330 e. The number of nitrogens with two attached hydrogens (primary N) is 1. The van der Waals surface area contributed by atoms with Crippen molar-refractivity contribution >= 4 is 11.6 Å². The van der Waals surface area contributed by atoms with Crippen LogP contribution >= 0.6 is 11.6 Å². The zero-order valence-corrected chi connectivity index (χ0v) is 12.3. The summed E-state index contributed by atoms with van der Waals surface area (Å²) in [6.45, 7) is 2.56. The Morgan fingerprint density at radius 1 is 1.15 bits per heavy atom. The van der Waals surface area contributed by atoms with Crippen molar-refractivity contribution in [3.63, 3.8) is 0 Å². The van der Waals surface area contributed by atoms with Crippen LogP contribution in [0.1, 0.15) is 24.5 Å². The molecule has 0 radical (unpaired) electrons. The molecule has 2 N–H and O–H groups in total. The molecule has 3 heteroatoms. The molecular formula is C17H19ClFN. The fourth-order valence-electron chi connectivity index (χ4n) is 2.60. The Hall–Kier alpha value is -1.38. The van der Waals surface area contributed by atoms with E-state index >= 15 is 0 Å². The maximum Gasteiger partial charge on any atom is 0.126 e. The monoisotopic (exact) mass is 291 g/mol. The second kappa shape index (κ2) is 6.38. The Kier molecular flexibility index (Phi) is 4.79. The molecule has 1 nitrogen and oxygen atoms in total. The van der Waals surface area contributed by atoms with Crippen LogP contribution in [0.5, 0.6) is 0 Å². The van der Waals surface area contributed by atoms with Crippen molar-refractivity contribution in [3.8, 4) is 0 Å². The molecule has 0 heterocycles. The average Bonchev–Trinajstić information content (AvgIpc) is 2.49. The highest BCUT2D eigenvalue weighted by atomic mass is 35.5. The van der Waals surface area contributed by atoms with Gasteiger partial charge in [-0.15, -0.1) is 0 Å². The fraction of sp³-hybridized carbons (Fsp3) is 0.294. The van der Waals surface area contributed by atoms with Gasteiger partial charge in [-0.2, -0.15) is 0 Å². The van der Waals surface area contributed by atoms with Crippen LogP contribution in [0, 0.1) is 5.82 Å². The van der Waals surface area contributed by atoms with Crippen LogP contribution in [0.2, 0.25) is 5.02 Å². The predicted octanol–water partition coefficient (Wildman–Crippen LogP) is 4.33. The molecule has 1 atom stereocenters. The molecule has 0 spiro atoms. The maximum atomic E-state index is 14.0. The Morgan fingerprint density at radius 3 is 2.45 bits per heavy atom. The van der Waals surface area contributed by atoms with Gasteiger partial charge in [0.2, 0.25) is 0 Å². The minimum absolute atomic E-state index is 0.225. The summed E-state index contributed by atoms with van der Waals surface area (Å²) in [6.07, 6.45) is 1.40. The Bertz CT molecular complexity index is 564. The van der Waals surface area contributed by atoms with Gasteiger partial charge in [0.25, 0.3) is 0 Å². The van der Waals surface area contributed by atoms with Crippen molar-refractivity contribution in [2.24, 2.45) is 5.73 Å². The zero-order chi connectivity index (χ0) is 14.6. The summed E-state index contributed by atoms with van der Waals surface area (Å²) in [6, 6.07) is 14.7. The highest BCUT2D eigenvalue weighted by Crippen LogP contribution is 2.32. The van der Waals surface area contributed by atoms with Crippen LogP contribution < -0.4 is 5.73 Å². The van der Waals surface area contributed by atoms with Gasteiger partial charge < -0.3 is 5.73 Å². The minimum atomic E-state index is -0.257. The highest BCUT2D eigenvalue weighted by Gasteiger charge is 2.30. The van der Waals surface area contributed by atoms with Crippen molar-refractivity contribution in [2.75, 3.05) is 6.54 Å². The van der Waals surface area contributed by atoms with Gasteiger partial charge >= 0.3 is 0 Å². The number of rotatable bonds is 5. The van der Waals surface area contributed by atoms with Gasteiger partial charge in [0.05, 0.1) is 0 Å². The molecule has 0 bridgehead atoms. The molecule has 20 heavy (non-hydrogen) atoms. The summed E-state index contributed by atoms with van der Waals surface area (Å²) in [4.78, 5) is 0. The van der Waals surface area contributed by atoms with E-state index in [1.807, 2.05) is 18.2 Å². The van der Waals surface area contributed by atoms with Gasteiger partial charge in [0, 0.05) is 17.0 Å². The first-order valence-electron chi connectivity index (χ1n) is 6.81. The topological polar surface area (TPSA) is 26.0 Å². The Labute approximate surface area is 124 Å². The first-order valence-corrected chi connectivity index (χ1v) is 7.18. The van der Waals surface area contributed by atoms with Crippen molar-refractivity contribution in [1.29, 1.82) is 0 Å². The normalized spacial score (nSPS) is 14.0. The number of hydrogen-bond acceptors (Lipinski definition) is 1. The number of benzene rings is 2. The third kappa shape index (κ3) is 3.02. The van der Waals surface area contributed by atoms with E-state index in [1.165, 1.54) is 6.07 Å². The van der Waals surface area contributed by atoms with Gasteiger partial charge in [-0.05, 0) is 42.2 Å². The number of halogens is 2. The molecule has 0 fully saturated rings. The third-order valence-electron chi connectivity index (χ3n) is 3.99. The minimum Gasteiger partial charge on any atom is -0.330 e. The molecular weight excluding hydrogens is 273 g/mol. The van der Waals surface area contributed by atoms with E-state index in [-0.39, 0.29) is 11.2 Å². The lowest BCUT2D eigenvalue weighted by Crippen LogP contribution is -2.37. The lowest BCUT2D eigenvalue weighted by Gasteiger charge is -2.32. The Balaban J connectivity index is 2.42. The Morgan fingerprint density at radius 2 is 1.85 bits per heavy atom. The molecule has 0 amide bonds. The standard InChI is InChI=1S/C17H19ClFN/c1-2-17(12-20,14-6-4-3-5-7-14)11-13-10-15(18)8-9-16(13)19/h3-10H,2,11-12,20H2,1H3. The van der Waals surface area contributed by atoms with E-state index in [2.05, 4.69) is 19.1 Å². The summed E-state index contributed by atoms with van der Waals surface area (Å²) >= 11 is 5.98. The number of hydrogen-bond donors (Lipinski definition) is 1. The molecule has 0 aliphatic heterocycles. The van der Waals surface area contributed by atoms with Crippen molar-refractivity contribution < 1.29 is 4.39 Å². The molecule has 2 aromatic carbocycles. The summed E-state index contributed by atoms with van der Waals surface area (Å²) in [5.74, 6) is -0.225. The van der Waals surface area contributed by atoms with Crippen LogP contribution in [0.25, 0.3) is 0 Å². The first kappa shape index (κ1) is 15.0. The van der Waals surface area contributed by atoms with Crippen LogP contribution in [0.3, 0.4) is 0 Å². The molecule has 0 aliphatic rings. The second-order valence-electron chi connectivity index (χ2n) is 5.12. The lowest BCUT2D eigenvalue weighted by molar-refractivity contribution is 0.410. The summed E-state index contributed by atoms with van der Waals surface area (Å²) < 4.78 is 14.0. The van der Waals surface area contributed by atoms with Crippen LogP contribution in [-0.2, 0) is 11.8 Å². The third-order valence-corrected chi connectivity index (χ3v) is 4.23. The van der Waals surface area contributed by atoms with Crippen LogP contribution in [0.4, 0.5) is 4.39 Å². The highest BCUT2D eigenvalue weighted by molar-refractivity contribution is 6.30. The average molecular weight is 292 g/mol. The van der Waals surface area contributed by atoms with E-state index in [4.69, 9.17) is 17.3 Å². The molecule has 0 saturated heterocycles. The van der Waals surface area contributed by atoms with Crippen molar-refractivity contribution in [1.82, 2.24) is 0 Å². The lowest BCUT2D eigenvalue weighted by atomic mass is 9.73. The van der Waals surface area contributed by atoms with Crippen LogP contribution in [-0.4, -0.2) is 6.54 Å².